The van der Waals surface area contributed by atoms with E-state index in [1.54, 1.807) is 0 Å². The number of rotatable bonds is 5. The van der Waals surface area contributed by atoms with Crippen molar-refractivity contribution in [2.45, 2.75) is 44.2 Å². The second-order valence-electron chi connectivity index (χ2n) is 6.77. The molecule has 0 aromatic heterocycles. The van der Waals surface area contributed by atoms with Crippen molar-refractivity contribution in [2.75, 3.05) is 26.2 Å². The third kappa shape index (κ3) is 2.84. The van der Waals surface area contributed by atoms with Crippen LogP contribution in [0.5, 0.6) is 5.75 Å². The molecule has 4 heteroatoms. The van der Waals surface area contributed by atoms with E-state index in [9.17, 15) is 4.79 Å². The summed E-state index contributed by atoms with van der Waals surface area (Å²) in [5.41, 5.74) is 0.756. The van der Waals surface area contributed by atoms with E-state index in [0.29, 0.717) is 6.04 Å². The predicted molar refractivity (Wildman–Crippen MR) is 85.2 cm³/mol. The van der Waals surface area contributed by atoms with E-state index in [-0.39, 0.29) is 5.91 Å². The highest BCUT2D eigenvalue weighted by molar-refractivity contribution is 5.94. The monoisotopic (exact) mass is 300 g/mol. The van der Waals surface area contributed by atoms with Crippen LogP contribution in [0.4, 0.5) is 0 Å². The Balaban J connectivity index is 1.32. The van der Waals surface area contributed by atoms with E-state index in [0.717, 1.165) is 49.9 Å². The van der Waals surface area contributed by atoms with Gasteiger partial charge in [0.05, 0.1) is 6.04 Å². The van der Waals surface area contributed by atoms with Crippen molar-refractivity contribution in [3.63, 3.8) is 0 Å². The second-order valence-corrected chi connectivity index (χ2v) is 6.77. The van der Waals surface area contributed by atoms with Gasteiger partial charge in [-0.3, -0.25) is 9.69 Å². The quantitative estimate of drug-likeness (QED) is 0.783. The summed E-state index contributed by atoms with van der Waals surface area (Å²) in [6, 6.07) is 9.08. The van der Waals surface area contributed by atoms with Gasteiger partial charge in [-0.15, -0.1) is 0 Å². The molecule has 3 aliphatic rings. The van der Waals surface area contributed by atoms with Crippen LogP contribution < -0.4 is 4.74 Å². The maximum absolute atomic E-state index is 12.4. The number of hydrogen-bond acceptors (Lipinski definition) is 3. The van der Waals surface area contributed by atoms with Gasteiger partial charge in [0, 0.05) is 31.2 Å². The molecule has 2 saturated heterocycles. The lowest BCUT2D eigenvalue weighted by Crippen LogP contribution is -2.29. The van der Waals surface area contributed by atoms with E-state index in [4.69, 9.17) is 4.74 Å². The van der Waals surface area contributed by atoms with Gasteiger partial charge in [-0.05, 0) is 43.9 Å². The molecule has 0 spiro atoms. The van der Waals surface area contributed by atoms with Crippen molar-refractivity contribution in [3.8, 4) is 5.75 Å². The van der Waals surface area contributed by atoms with Gasteiger partial charge in [0.2, 0.25) is 0 Å². The first-order valence-corrected chi connectivity index (χ1v) is 8.59. The Morgan fingerprint density at radius 2 is 2.00 bits per heavy atom. The number of carbonyl (C=O) groups excluding carboxylic acids is 1. The molecule has 1 aromatic rings. The molecule has 22 heavy (non-hydrogen) atoms. The van der Waals surface area contributed by atoms with Crippen molar-refractivity contribution >= 4 is 5.91 Å². The maximum atomic E-state index is 12.4. The molecule has 0 radical (unpaired) electrons. The van der Waals surface area contributed by atoms with Crippen LogP contribution in [0, 0.1) is 0 Å². The molecule has 118 valence electrons. The van der Waals surface area contributed by atoms with Crippen molar-refractivity contribution in [1.29, 1.82) is 0 Å². The standard InChI is InChI=1S/C18H24N2O2/c21-18(19-9-1-2-10-19)14-5-3-8-17(11-14)22-13-16-12-20(16)15-6-4-7-15/h3,5,8,11,15-16H,1-2,4,6-7,9-10,12-13H2. The molecule has 1 aromatic carbocycles. The summed E-state index contributed by atoms with van der Waals surface area (Å²) in [6.45, 7) is 3.71. The highest BCUT2D eigenvalue weighted by atomic mass is 16.5. The molecule has 4 nitrogen and oxygen atoms in total. The molecular formula is C18H24N2O2. The fourth-order valence-corrected chi connectivity index (χ4v) is 3.52. The maximum Gasteiger partial charge on any atom is 0.253 e. The van der Waals surface area contributed by atoms with Gasteiger partial charge in [0.1, 0.15) is 12.4 Å². The first kappa shape index (κ1) is 14.1. The Kier molecular flexibility index (Phi) is 3.78. The zero-order valence-corrected chi connectivity index (χ0v) is 13.0. The molecule has 2 unspecified atom stereocenters. The van der Waals surface area contributed by atoms with Gasteiger partial charge in [0.25, 0.3) is 5.91 Å². The Bertz CT molecular complexity index is 550. The highest BCUT2D eigenvalue weighted by Gasteiger charge is 2.42. The first-order valence-electron chi connectivity index (χ1n) is 8.59. The molecule has 2 aliphatic heterocycles. The van der Waals surface area contributed by atoms with Crippen molar-refractivity contribution in [2.24, 2.45) is 0 Å². The minimum atomic E-state index is 0.144. The fraction of sp³-hybridized carbons (Fsp3) is 0.611. The van der Waals surface area contributed by atoms with Crippen LogP contribution in [0.1, 0.15) is 42.5 Å². The normalized spacial score (nSPS) is 27.5. The van der Waals surface area contributed by atoms with Gasteiger partial charge >= 0.3 is 0 Å². The van der Waals surface area contributed by atoms with Crippen LogP contribution in [0.15, 0.2) is 24.3 Å². The Labute approximate surface area is 132 Å². The van der Waals surface area contributed by atoms with Crippen molar-refractivity contribution in [3.05, 3.63) is 29.8 Å². The minimum absolute atomic E-state index is 0.144. The number of likely N-dealkylation sites (tertiary alicyclic amines) is 1. The van der Waals surface area contributed by atoms with Crippen LogP contribution in [-0.4, -0.2) is 54.0 Å². The summed E-state index contributed by atoms with van der Waals surface area (Å²) in [7, 11) is 0. The first-order chi connectivity index (χ1) is 10.8. The lowest BCUT2D eigenvalue weighted by atomic mass is 9.93. The third-order valence-electron chi connectivity index (χ3n) is 5.22. The van der Waals surface area contributed by atoms with Crippen LogP contribution in [0.3, 0.4) is 0 Å². The van der Waals surface area contributed by atoms with Crippen LogP contribution in [-0.2, 0) is 0 Å². The minimum Gasteiger partial charge on any atom is -0.492 e. The van der Waals surface area contributed by atoms with Crippen LogP contribution >= 0.6 is 0 Å². The lowest BCUT2D eigenvalue weighted by Gasteiger charge is -2.27. The summed E-state index contributed by atoms with van der Waals surface area (Å²) in [4.78, 5) is 16.9. The smallest absolute Gasteiger partial charge is 0.253 e. The molecule has 2 heterocycles. The van der Waals surface area contributed by atoms with Crippen molar-refractivity contribution < 1.29 is 9.53 Å². The molecule has 0 bridgehead atoms. The summed E-state index contributed by atoms with van der Waals surface area (Å²) in [5, 5.41) is 0. The van der Waals surface area contributed by atoms with Crippen LogP contribution in [0.25, 0.3) is 0 Å². The topological polar surface area (TPSA) is 32.6 Å². The molecule has 1 saturated carbocycles. The van der Waals surface area contributed by atoms with E-state index in [1.807, 2.05) is 29.2 Å². The number of amides is 1. The summed E-state index contributed by atoms with van der Waals surface area (Å²) < 4.78 is 5.92. The Hall–Kier alpha value is -1.55. The summed E-state index contributed by atoms with van der Waals surface area (Å²) in [6.07, 6.45) is 6.35. The molecule has 0 N–H and O–H groups in total. The molecule has 1 amide bonds. The third-order valence-corrected chi connectivity index (χ3v) is 5.22. The number of ether oxygens (including phenoxy) is 1. The van der Waals surface area contributed by atoms with E-state index < -0.39 is 0 Å². The van der Waals surface area contributed by atoms with E-state index >= 15 is 0 Å². The summed E-state index contributed by atoms with van der Waals surface area (Å²) >= 11 is 0. The molecule has 3 fully saturated rings. The Morgan fingerprint density at radius 1 is 1.18 bits per heavy atom. The number of hydrogen-bond donors (Lipinski definition) is 0. The van der Waals surface area contributed by atoms with Gasteiger partial charge < -0.3 is 9.64 Å². The van der Waals surface area contributed by atoms with Crippen LogP contribution in [0.2, 0.25) is 0 Å². The molecular weight excluding hydrogens is 276 g/mol. The van der Waals surface area contributed by atoms with Gasteiger partial charge in [-0.2, -0.15) is 0 Å². The Morgan fingerprint density at radius 3 is 2.73 bits per heavy atom. The largest absolute Gasteiger partial charge is 0.492 e. The number of nitrogens with zero attached hydrogens (tertiary/aromatic N) is 2. The molecule has 4 rings (SSSR count). The average Bonchev–Trinajstić information content (AvgIpc) is 3.01. The molecule has 2 atom stereocenters. The fourth-order valence-electron chi connectivity index (χ4n) is 3.52. The predicted octanol–water partition coefficient (Wildman–Crippen LogP) is 2.54. The SMILES string of the molecule is O=C(c1cccc(OCC2CN2C2CCC2)c1)N1CCCC1. The lowest BCUT2D eigenvalue weighted by molar-refractivity contribution is 0.0792. The van der Waals surface area contributed by atoms with E-state index in [2.05, 4.69) is 4.90 Å². The van der Waals surface area contributed by atoms with Gasteiger partial charge in [0.15, 0.2) is 0 Å². The van der Waals surface area contributed by atoms with Gasteiger partial charge in [-0.1, -0.05) is 12.5 Å². The summed E-state index contributed by atoms with van der Waals surface area (Å²) in [5.74, 6) is 0.968. The van der Waals surface area contributed by atoms with E-state index in [1.165, 1.54) is 25.8 Å². The zero-order valence-electron chi connectivity index (χ0n) is 13.0. The number of benzene rings is 1. The zero-order chi connectivity index (χ0) is 14.9. The highest BCUT2D eigenvalue weighted by Crippen LogP contribution is 2.33. The molecule has 1 aliphatic carbocycles. The average molecular weight is 300 g/mol. The van der Waals surface area contributed by atoms with Crippen molar-refractivity contribution in [1.82, 2.24) is 9.80 Å². The van der Waals surface area contributed by atoms with Gasteiger partial charge in [-0.25, -0.2) is 0 Å². The number of carbonyl (C=O) groups is 1. The second kappa shape index (κ2) is 5.92.